The van der Waals surface area contributed by atoms with Crippen molar-refractivity contribution < 1.29 is 9.47 Å². The first-order valence-corrected chi connectivity index (χ1v) is 8.98. The summed E-state index contributed by atoms with van der Waals surface area (Å²) < 4.78 is 11.3. The third kappa shape index (κ3) is 4.01. The molecular weight excluding hydrogens is 380 g/mol. The van der Waals surface area contributed by atoms with E-state index < -0.39 is 5.56 Å². The number of pyridine rings is 1. The zero-order valence-electron chi connectivity index (χ0n) is 16.2. The summed E-state index contributed by atoms with van der Waals surface area (Å²) in [5.41, 5.74) is 6.42. The molecule has 0 amide bonds. The number of aromatic amines is 1. The Hall–Kier alpha value is -4.49. The molecule has 3 N–H and O–H groups in total. The van der Waals surface area contributed by atoms with E-state index in [2.05, 4.69) is 4.98 Å². The number of hydrogen-bond donors (Lipinski definition) is 2. The average molecular weight is 398 g/mol. The normalized spacial score (nSPS) is 10.4. The average Bonchev–Trinajstić information content (AvgIpc) is 2.77. The second-order valence-electron chi connectivity index (χ2n) is 6.18. The number of nitriles is 2. The smallest absolute Gasteiger partial charge is 0.268 e. The van der Waals surface area contributed by atoms with Crippen LogP contribution in [-0.4, -0.2) is 18.7 Å². The van der Waals surface area contributed by atoms with E-state index in [0.29, 0.717) is 17.1 Å². The third-order valence-electron chi connectivity index (χ3n) is 4.37. The fraction of sp³-hybridized carbons (Fsp3) is 0.0870. The Bertz CT molecular complexity index is 1230. The van der Waals surface area contributed by atoms with Crippen LogP contribution in [0.15, 0.2) is 59.4 Å². The third-order valence-corrected chi connectivity index (χ3v) is 4.37. The SMILES string of the molecule is COc1cccc(-c2c(C#N)c(N)[nH]c(=O)c2C#N)c1OCC=Cc1ccccc1. The molecule has 0 saturated heterocycles. The van der Waals surface area contributed by atoms with Crippen LogP contribution in [0.4, 0.5) is 5.82 Å². The number of H-pyrrole nitrogens is 1. The maximum atomic E-state index is 12.3. The maximum Gasteiger partial charge on any atom is 0.268 e. The van der Waals surface area contributed by atoms with Crippen molar-refractivity contribution in [2.45, 2.75) is 0 Å². The van der Waals surface area contributed by atoms with Gasteiger partial charge >= 0.3 is 0 Å². The standard InChI is InChI=1S/C23H18N4O3/c1-29-19-11-5-10-16(20-17(13-24)22(26)27-23(28)18(20)14-25)21(19)30-12-6-9-15-7-3-2-4-8-15/h2-11H,12H2,1H3,(H3,26,27,28). The molecule has 0 radical (unpaired) electrons. The Balaban J connectivity index is 2.08. The summed E-state index contributed by atoms with van der Waals surface area (Å²) >= 11 is 0. The number of nitrogens with zero attached hydrogens (tertiary/aromatic N) is 2. The molecule has 148 valence electrons. The van der Waals surface area contributed by atoms with Crippen LogP contribution < -0.4 is 20.8 Å². The highest BCUT2D eigenvalue weighted by Gasteiger charge is 2.23. The van der Waals surface area contributed by atoms with Gasteiger partial charge in [-0.25, -0.2) is 0 Å². The monoisotopic (exact) mass is 398 g/mol. The summed E-state index contributed by atoms with van der Waals surface area (Å²) in [7, 11) is 1.48. The minimum Gasteiger partial charge on any atom is -0.493 e. The van der Waals surface area contributed by atoms with Gasteiger partial charge in [0.25, 0.3) is 5.56 Å². The summed E-state index contributed by atoms with van der Waals surface area (Å²) in [6.07, 6.45) is 3.73. The van der Waals surface area contributed by atoms with Crippen LogP contribution in [0.1, 0.15) is 16.7 Å². The lowest BCUT2D eigenvalue weighted by atomic mass is 9.95. The van der Waals surface area contributed by atoms with Gasteiger partial charge in [0.1, 0.15) is 35.7 Å². The van der Waals surface area contributed by atoms with Crippen molar-refractivity contribution >= 4 is 11.9 Å². The number of para-hydroxylation sites is 1. The summed E-state index contributed by atoms with van der Waals surface area (Å²) in [6, 6.07) is 18.6. The van der Waals surface area contributed by atoms with Crippen molar-refractivity contribution in [3.05, 3.63) is 81.7 Å². The predicted octanol–water partition coefficient (Wildman–Crippen LogP) is 3.47. The minimum absolute atomic E-state index is 0.0101. The number of benzene rings is 2. The summed E-state index contributed by atoms with van der Waals surface area (Å²) in [5, 5.41) is 19.1. The Kier molecular flexibility index (Phi) is 6.17. The Morgan fingerprint density at radius 2 is 1.80 bits per heavy atom. The first kappa shape index (κ1) is 20.2. The van der Waals surface area contributed by atoms with Crippen LogP contribution in [0.5, 0.6) is 11.5 Å². The highest BCUT2D eigenvalue weighted by atomic mass is 16.5. The van der Waals surface area contributed by atoms with E-state index >= 15 is 0 Å². The quantitative estimate of drug-likeness (QED) is 0.655. The molecule has 0 fully saturated rings. The van der Waals surface area contributed by atoms with Crippen LogP contribution >= 0.6 is 0 Å². The van der Waals surface area contributed by atoms with E-state index in [1.165, 1.54) is 7.11 Å². The molecule has 2 aromatic carbocycles. The van der Waals surface area contributed by atoms with Gasteiger partial charge in [0.2, 0.25) is 0 Å². The number of nitrogen functional groups attached to an aromatic ring is 1. The van der Waals surface area contributed by atoms with Crippen LogP contribution in [-0.2, 0) is 0 Å². The van der Waals surface area contributed by atoms with Gasteiger partial charge in [-0.3, -0.25) is 4.79 Å². The molecule has 0 atom stereocenters. The molecule has 0 aliphatic carbocycles. The van der Waals surface area contributed by atoms with Crippen molar-refractivity contribution in [3.8, 4) is 34.8 Å². The highest BCUT2D eigenvalue weighted by Crippen LogP contribution is 2.41. The van der Waals surface area contributed by atoms with E-state index in [1.807, 2.05) is 54.6 Å². The van der Waals surface area contributed by atoms with Crippen molar-refractivity contribution in [1.82, 2.24) is 4.98 Å². The second kappa shape index (κ2) is 9.13. The molecule has 0 bridgehead atoms. The number of methoxy groups -OCH3 is 1. The zero-order valence-corrected chi connectivity index (χ0v) is 16.2. The fourth-order valence-electron chi connectivity index (χ4n) is 3.01. The topological polar surface area (TPSA) is 125 Å². The zero-order chi connectivity index (χ0) is 21.5. The molecule has 7 heteroatoms. The Labute approximate surface area is 173 Å². The lowest BCUT2D eigenvalue weighted by molar-refractivity contribution is 0.328. The molecule has 7 nitrogen and oxygen atoms in total. The van der Waals surface area contributed by atoms with E-state index in [1.54, 1.807) is 18.2 Å². The van der Waals surface area contributed by atoms with Gasteiger partial charge in [-0.2, -0.15) is 10.5 Å². The maximum absolute atomic E-state index is 12.3. The Morgan fingerprint density at radius 3 is 2.47 bits per heavy atom. The predicted molar refractivity (Wildman–Crippen MR) is 114 cm³/mol. The molecule has 0 unspecified atom stereocenters. The van der Waals surface area contributed by atoms with Gasteiger partial charge in [0, 0.05) is 11.1 Å². The molecular formula is C23H18N4O3. The number of nitrogens with two attached hydrogens (primary N) is 1. The van der Waals surface area contributed by atoms with Crippen LogP contribution in [0.2, 0.25) is 0 Å². The largest absolute Gasteiger partial charge is 0.493 e. The minimum atomic E-state index is -0.679. The summed E-state index contributed by atoms with van der Waals surface area (Å²) in [5.74, 6) is 0.581. The molecule has 3 aromatic rings. The van der Waals surface area contributed by atoms with E-state index in [4.69, 9.17) is 15.2 Å². The molecule has 3 rings (SSSR count). The number of anilines is 1. The number of aromatic nitrogens is 1. The van der Waals surface area contributed by atoms with Gasteiger partial charge in [0.15, 0.2) is 11.5 Å². The first-order valence-electron chi connectivity index (χ1n) is 8.98. The van der Waals surface area contributed by atoms with E-state index in [-0.39, 0.29) is 29.1 Å². The molecule has 0 spiro atoms. The Morgan fingerprint density at radius 1 is 1.07 bits per heavy atom. The highest BCUT2D eigenvalue weighted by molar-refractivity contribution is 5.85. The van der Waals surface area contributed by atoms with Crippen LogP contribution in [0.25, 0.3) is 17.2 Å². The van der Waals surface area contributed by atoms with Crippen LogP contribution in [0, 0.1) is 22.7 Å². The molecule has 0 saturated carbocycles. The molecule has 0 aliphatic rings. The van der Waals surface area contributed by atoms with Gasteiger partial charge in [0.05, 0.1) is 7.11 Å². The lowest BCUT2D eigenvalue weighted by Crippen LogP contribution is -2.16. The van der Waals surface area contributed by atoms with Crippen molar-refractivity contribution in [3.63, 3.8) is 0 Å². The molecule has 30 heavy (non-hydrogen) atoms. The number of ether oxygens (including phenoxy) is 2. The van der Waals surface area contributed by atoms with Crippen molar-refractivity contribution in [1.29, 1.82) is 10.5 Å². The summed E-state index contributed by atoms with van der Waals surface area (Å²) in [4.78, 5) is 14.6. The number of hydrogen-bond acceptors (Lipinski definition) is 6. The molecule has 1 heterocycles. The molecule has 0 aliphatic heterocycles. The van der Waals surface area contributed by atoms with Gasteiger partial charge in [-0.05, 0) is 17.7 Å². The van der Waals surface area contributed by atoms with Gasteiger partial charge in [-0.15, -0.1) is 0 Å². The van der Waals surface area contributed by atoms with E-state index in [0.717, 1.165) is 5.56 Å². The van der Waals surface area contributed by atoms with Crippen molar-refractivity contribution in [2.24, 2.45) is 0 Å². The lowest BCUT2D eigenvalue weighted by Gasteiger charge is -2.16. The summed E-state index contributed by atoms with van der Waals surface area (Å²) in [6.45, 7) is 0.199. The second-order valence-corrected chi connectivity index (χ2v) is 6.18. The van der Waals surface area contributed by atoms with Gasteiger partial charge in [-0.1, -0.05) is 48.5 Å². The van der Waals surface area contributed by atoms with E-state index in [9.17, 15) is 15.3 Å². The van der Waals surface area contributed by atoms with Crippen molar-refractivity contribution in [2.75, 3.05) is 19.5 Å². The van der Waals surface area contributed by atoms with Gasteiger partial charge < -0.3 is 20.2 Å². The number of nitrogens with one attached hydrogen (secondary N) is 1. The first-order chi connectivity index (χ1) is 14.6. The molecule has 1 aromatic heterocycles. The number of rotatable bonds is 6. The van der Waals surface area contributed by atoms with Crippen LogP contribution in [0.3, 0.4) is 0 Å². The fourth-order valence-corrected chi connectivity index (χ4v) is 3.01.